The maximum Gasteiger partial charge on any atom is 0.158 e. The van der Waals surface area contributed by atoms with Gasteiger partial charge in [-0.2, -0.15) is 5.10 Å². The number of hydrogen-bond acceptors (Lipinski definition) is 3. The van der Waals surface area contributed by atoms with Crippen LogP contribution in [0.3, 0.4) is 0 Å². The van der Waals surface area contributed by atoms with E-state index in [1.807, 2.05) is 23.0 Å². The predicted octanol–water partition coefficient (Wildman–Crippen LogP) is 2.23. The zero-order chi connectivity index (χ0) is 11.7. The molecule has 5 nitrogen and oxygen atoms in total. The molecule has 0 atom stereocenters. The molecular formula is C12H13N5. The topological polar surface area (TPSA) is 59.4 Å². The number of pyridine rings is 1. The Kier molecular flexibility index (Phi) is 2.36. The first-order valence-corrected chi connectivity index (χ1v) is 5.70. The first-order valence-electron chi connectivity index (χ1n) is 5.70. The summed E-state index contributed by atoms with van der Waals surface area (Å²) < 4.78 is 1.93. The molecule has 0 amide bonds. The minimum absolute atomic E-state index is 0.879. The Balaban J connectivity index is 2.20. The van der Waals surface area contributed by atoms with E-state index >= 15 is 0 Å². The Bertz CT molecular complexity index is 637. The van der Waals surface area contributed by atoms with Crippen LogP contribution in [0.4, 0.5) is 0 Å². The largest absolute Gasteiger partial charge is 0.346 e. The highest BCUT2D eigenvalue weighted by molar-refractivity contribution is 5.90. The van der Waals surface area contributed by atoms with Crippen molar-refractivity contribution in [3.05, 3.63) is 30.9 Å². The number of nitrogens with one attached hydrogen (secondary N) is 1. The number of nitrogens with zero attached hydrogens (tertiary/aromatic N) is 4. The van der Waals surface area contributed by atoms with Crippen LogP contribution in [-0.2, 0) is 6.54 Å². The van der Waals surface area contributed by atoms with Gasteiger partial charge in [0.2, 0.25) is 0 Å². The number of fused-ring (bicyclic) bond motifs is 1. The minimum Gasteiger partial charge on any atom is -0.346 e. The van der Waals surface area contributed by atoms with Gasteiger partial charge in [0.05, 0.1) is 0 Å². The van der Waals surface area contributed by atoms with Gasteiger partial charge in [-0.05, 0) is 18.6 Å². The lowest BCUT2D eigenvalue weighted by atomic mass is 10.2. The van der Waals surface area contributed by atoms with Gasteiger partial charge in [-0.1, -0.05) is 6.92 Å². The molecule has 0 aromatic carbocycles. The summed E-state index contributed by atoms with van der Waals surface area (Å²) in [7, 11) is 0. The zero-order valence-corrected chi connectivity index (χ0v) is 9.59. The average Bonchev–Trinajstić information content (AvgIpc) is 2.96. The molecule has 5 heteroatoms. The van der Waals surface area contributed by atoms with Crippen LogP contribution >= 0.6 is 0 Å². The molecule has 3 heterocycles. The van der Waals surface area contributed by atoms with Crippen LogP contribution in [0.2, 0.25) is 0 Å². The third-order valence-electron chi connectivity index (χ3n) is 2.75. The summed E-state index contributed by atoms with van der Waals surface area (Å²) in [6.07, 6.45) is 6.32. The highest BCUT2D eigenvalue weighted by Crippen LogP contribution is 2.24. The highest BCUT2D eigenvalue weighted by Gasteiger charge is 2.11. The maximum atomic E-state index is 4.34. The molecule has 0 bridgehead atoms. The maximum absolute atomic E-state index is 4.34. The Labute approximate surface area is 98.5 Å². The molecule has 3 aromatic heterocycles. The van der Waals surface area contributed by atoms with Gasteiger partial charge in [0.15, 0.2) is 5.82 Å². The van der Waals surface area contributed by atoms with Crippen molar-refractivity contribution in [2.24, 2.45) is 0 Å². The molecule has 3 aromatic rings. The standard InChI is InChI=1S/C12H13N5/c1-2-7-17-12(15-8-16-17)10-4-6-14-11-9(10)3-5-13-11/h3-6,8H,2,7H2,1H3,(H,13,14). The number of hydrogen-bond donors (Lipinski definition) is 1. The van der Waals surface area contributed by atoms with Gasteiger partial charge in [0, 0.05) is 29.9 Å². The first kappa shape index (κ1) is 10.0. The SMILES string of the molecule is CCCn1ncnc1-c1ccnc2[nH]ccc12. The number of aromatic nitrogens is 5. The lowest BCUT2D eigenvalue weighted by molar-refractivity contribution is 0.608. The molecule has 17 heavy (non-hydrogen) atoms. The molecule has 1 N–H and O–H groups in total. The Morgan fingerprint density at radius 1 is 1.29 bits per heavy atom. The summed E-state index contributed by atoms with van der Waals surface area (Å²) in [4.78, 5) is 11.7. The average molecular weight is 227 g/mol. The van der Waals surface area contributed by atoms with E-state index in [4.69, 9.17) is 0 Å². The molecule has 3 rings (SSSR count). The van der Waals surface area contributed by atoms with E-state index in [-0.39, 0.29) is 0 Å². The second-order valence-corrected chi connectivity index (χ2v) is 3.91. The van der Waals surface area contributed by atoms with Gasteiger partial charge in [-0.15, -0.1) is 0 Å². The summed E-state index contributed by atoms with van der Waals surface area (Å²) in [5.74, 6) is 0.902. The van der Waals surface area contributed by atoms with E-state index < -0.39 is 0 Å². The highest BCUT2D eigenvalue weighted by atomic mass is 15.3. The Morgan fingerprint density at radius 2 is 2.24 bits per heavy atom. The van der Waals surface area contributed by atoms with E-state index in [1.54, 1.807) is 12.5 Å². The van der Waals surface area contributed by atoms with Gasteiger partial charge in [0.25, 0.3) is 0 Å². The fourth-order valence-electron chi connectivity index (χ4n) is 2.00. The van der Waals surface area contributed by atoms with Crippen molar-refractivity contribution in [1.29, 1.82) is 0 Å². The molecule has 0 fully saturated rings. The quantitative estimate of drug-likeness (QED) is 0.746. The van der Waals surface area contributed by atoms with Gasteiger partial charge < -0.3 is 4.98 Å². The Morgan fingerprint density at radius 3 is 3.12 bits per heavy atom. The van der Waals surface area contributed by atoms with Crippen LogP contribution < -0.4 is 0 Å². The van der Waals surface area contributed by atoms with Crippen molar-refractivity contribution in [2.45, 2.75) is 19.9 Å². The summed E-state index contributed by atoms with van der Waals surface area (Å²) in [5, 5.41) is 5.33. The van der Waals surface area contributed by atoms with E-state index in [9.17, 15) is 0 Å². The van der Waals surface area contributed by atoms with E-state index in [2.05, 4.69) is 27.0 Å². The molecule has 0 radical (unpaired) electrons. The monoisotopic (exact) mass is 227 g/mol. The number of rotatable bonds is 3. The lowest BCUT2D eigenvalue weighted by Gasteiger charge is -2.05. The summed E-state index contributed by atoms with van der Waals surface area (Å²) in [5.41, 5.74) is 1.95. The smallest absolute Gasteiger partial charge is 0.158 e. The van der Waals surface area contributed by atoms with Crippen LogP contribution in [0.1, 0.15) is 13.3 Å². The van der Waals surface area contributed by atoms with Crippen LogP contribution in [0, 0.1) is 0 Å². The van der Waals surface area contributed by atoms with Gasteiger partial charge in [-0.3, -0.25) is 0 Å². The van der Waals surface area contributed by atoms with Crippen molar-refractivity contribution in [3.8, 4) is 11.4 Å². The van der Waals surface area contributed by atoms with Crippen molar-refractivity contribution in [1.82, 2.24) is 24.7 Å². The van der Waals surface area contributed by atoms with Gasteiger partial charge in [0.1, 0.15) is 12.0 Å². The van der Waals surface area contributed by atoms with E-state index in [0.717, 1.165) is 35.4 Å². The molecule has 0 saturated carbocycles. The third-order valence-corrected chi connectivity index (χ3v) is 2.75. The molecular weight excluding hydrogens is 214 g/mol. The zero-order valence-electron chi connectivity index (χ0n) is 9.59. The molecule has 0 aliphatic rings. The number of H-pyrrole nitrogens is 1. The summed E-state index contributed by atoms with van der Waals surface area (Å²) in [6, 6.07) is 4.00. The third kappa shape index (κ3) is 1.60. The van der Waals surface area contributed by atoms with Crippen molar-refractivity contribution in [3.63, 3.8) is 0 Å². The molecule has 0 aliphatic heterocycles. The fraction of sp³-hybridized carbons (Fsp3) is 0.250. The molecule has 0 unspecified atom stereocenters. The first-order chi connectivity index (χ1) is 8.40. The molecule has 0 saturated heterocycles. The summed E-state index contributed by atoms with van der Waals surface area (Å²) in [6.45, 7) is 3.01. The van der Waals surface area contributed by atoms with Crippen molar-refractivity contribution < 1.29 is 0 Å². The van der Waals surface area contributed by atoms with Crippen LogP contribution in [-0.4, -0.2) is 24.7 Å². The van der Waals surface area contributed by atoms with Crippen LogP contribution in [0.5, 0.6) is 0 Å². The van der Waals surface area contributed by atoms with E-state index in [0.29, 0.717) is 0 Å². The van der Waals surface area contributed by atoms with Gasteiger partial charge >= 0.3 is 0 Å². The summed E-state index contributed by atoms with van der Waals surface area (Å²) >= 11 is 0. The lowest BCUT2D eigenvalue weighted by Crippen LogP contribution is -2.02. The normalized spacial score (nSPS) is 11.1. The second-order valence-electron chi connectivity index (χ2n) is 3.91. The van der Waals surface area contributed by atoms with E-state index in [1.165, 1.54) is 0 Å². The van der Waals surface area contributed by atoms with Crippen molar-refractivity contribution in [2.75, 3.05) is 0 Å². The van der Waals surface area contributed by atoms with Crippen LogP contribution in [0.25, 0.3) is 22.4 Å². The van der Waals surface area contributed by atoms with Crippen molar-refractivity contribution >= 4 is 11.0 Å². The number of aryl methyl sites for hydroxylation is 1. The fourth-order valence-corrected chi connectivity index (χ4v) is 2.00. The van der Waals surface area contributed by atoms with Gasteiger partial charge in [-0.25, -0.2) is 14.6 Å². The van der Waals surface area contributed by atoms with Crippen LogP contribution in [0.15, 0.2) is 30.9 Å². The Hall–Kier alpha value is -2.17. The molecule has 0 aliphatic carbocycles. The minimum atomic E-state index is 0.879. The molecule has 86 valence electrons. The predicted molar refractivity (Wildman–Crippen MR) is 65.4 cm³/mol. The number of aromatic amines is 1. The molecule has 0 spiro atoms. The second kappa shape index (κ2) is 4.01.